The van der Waals surface area contributed by atoms with Crippen LogP contribution in [-0.4, -0.2) is 31.7 Å². The van der Waals surface area contributed by atoms with Gasteiger partial charge >= 0.3 is 5.97 Å². The van der Waals surface area contributed by atoms with Crippen molar-refractivity contribution >= 4 is 46.9 Å². The molecule has 1 amide bonds. The van der Waals surface area contributed by atoms with Crippen LogP contribution in [0, 0.1) is 6.92 Å². The molecule has 3 aromatic rings. The van der Waals surface area contributed by atoms with Crippen molar-refractivity contribution in [2.24, 2.45) is 0 Å². The highest BCUT2D eigenvalue weighted by Gasteiger charge is 2.58. The fourth-order valence-electron chi connectivity index (χ4n) is 3.91. The van der Waals surface area contributed by atoms with Crippen LogP contribution in [-0.2, 0) is 20.9 Å². The van der Waals surface area contributed by atoms with E-state index in [2.05, 4.69) is 20.3 Å². The number of ether oxygens (including phenoxy) is 1. The molecule has 3 heterocycles. The number of aryl methyl sites for hydroxylation is 1. The second-order valence-electron chi connectivity index (χ2n) is 7.53. The van der Waals surface area contributed by atoms with Gasteiger partial charge in [-0.2, -0.15) is 15.0 Å². The van der Waals surface area contributed by atoms with Crippen molar-refractivity contribution in [2.75, 3.05) is 16.0 Å². The Kier molecular flexibility index (Phi) is 4.93. The molecule has 32 heavy (non-hydrogen) atoms. The highest BCUT2D eigenvalue weighted by Crippen LogP contribution is 2.56. The summed E-state index contributed by atoms with van der Waals surface area (Å²) in [6.45, 7) is 1.77. The van der Waals surface area contributed by atoms with E-state index in [9.17, 15) is 9.59 Å². The van der Waals surface area contributed by atoms with Crippen molar-refractivity contribution in [1.29, 1.82) is 0 Å². The summed E-state index contributed by atoms with van der Waals surface area (Å²) in [5.74, 6) is -0.0999. The van der Waals surface area contributed by atoms with Gasteiger partial charge in [0.1, 0.15) is 0 Å². The maximum absolute atomic E-state index is 13.2. The third-order valence-electron chi connectivity index (χ3n) is 5.42. The lowest BCUT2D eigenvalue weighted by atomic mass is 10.2. The van der Waals surface area contributed by atoms with Crippen LogP contribution in [0.4, 0.5) is 23.3 Å². The largest absolute Gasteiger partial charge is 0.455 e. The van der Waals surface area contributed by atoms with Gasteiger partial charge in [-0.25, -0.2) is 4.79 Å². The van der Waals surface area contributed by atoms with Gasteiger partial charge in [0.2, 0.25) is 17.8 Å². The normalized spacial score (nSPS) is 18.9. The molecule has 3 N–H and O–H groups in total. The first-order chi connectivity index (χ1) is 15.5. The third kappa shape index (κ3) is 3.42. The molecule has 2 aromatic carbocycles. The molecule has 5 rings (SSSR count). The highest BCUT2D eigenvalue weighted by atomic mass is 32.2. The number of carbonyl (C=O) groups excluding carboxylic acids is 2. The molecule has 2 aliphatic rings. The Morgan fingerprint density at radius 1 is 1.19 bits per heavy atom. The maximum atomic E-state index is 13.2. The summed E-state index contributed by atoms with van der Waals surface area (Å²) in [6, 6.07) is 15.2. The smallest absolute Gasteiger partial charge is 0.343 e. The van der Waals surface area contributed by atoms with Gasteiger partial charge in [0, 0.05) is 23.4 Å². The minimum absolute atomic E-state index is 0.0145. The summed E-state index contributed by atoms with van der Waals surface area (Å²) in [5, 5.41) is 3.11. The second kappa shape index (κ2) is 7.79. The molecule has 0 saturated carbocycles. The Hall–Kier alpha value is -3.66. The Morgan fingerprint density at radius 2 is 1.97 bits per heavy atom. The second-order valence-corrected chi connectivity index (χ2v) is 8.85. The number of nitrogens with two attached hydrogens (primary N) is 1. The number of amides is 1. The van der Waals surface area contributed by atoms with Gasteiger partial charge in [-0.1, -0.05) is 42.1 Å². The lowest BCUT2D eigenvalue weighted by Crippen LogP contribution is -2.47. The van der Waals surface area contributed by atoms with E-state index in [4.69, 9.17) is 10.5 Å². The Bertz CT molecular complexity index is 1240. The van der Waals surface area contributed by atoms with Crippen molar-refractivity contribution in [3.8, 4) is 0 Å². The fourth-order valence-corrected chi connectivity index (χ4v) is 5.32. The van der Waals surface area contributed by atoms with Gasteiger partial charge in [-0.15, -0.1) is 0 Å². The number of hydrogen-bond donors (Lipinski definition) is 2. The van der Waals surface area contributed by atoms with Crippen LogP contribution in [0.15, 0.2) is 53.4 Å². The van der Waals surface area contributed by atoms with Crippen molar-refractivity contribution < 1.29 is 14.3 Å². The zero-order valence-electron chi connectivity index (χ0n) is 17.2. The Morgan fingerprint density at radius 3 is 2.81 bits per heavy atom. The SMILES string of the molecule is Cc1ccccc1Nc1nc(N)nc(COC(=O)[C@]23CCC(=O)N2c2ccccc2S3)n1. The molecule has 9 nitrogen and oxygen atoms in total. The van der Waals surface area contributed by atoms with E-state index in [1.54, 1.807) is 4.90 Å². The van der Waals surface area contributed by atoms with Crippen LogP contribution in [0.2, 0.25) is 0 Å². The number of nitrogens with one attached hydrogen (secondary N) is 1. The number of fused-ring (bicyclic) bond motifs is 3. The molecule has 0 aliphatic carbocycles. The molecule has 1 saturated heterocycles. The average molecular weight is 449 g/mol. The number of carbonyl (C=O) groups is 2. The summed E-state index contributed by atoms with van der Waals surface area (Å²) < 4.78 is 5.59. The van der Waals surface area contributed by atoms with Crippen LogP contribution >= 0.6 is 11.8 Å². The molecule has 1 fully saturated rings. The highest BCUT2D eigenvalue weighted by molar-refractivity contribution is 8.02. The summed E-state index contributed by atoms with van der Waals surface area (Å²) >= 11 is 1.35. The average Bonchev–Trinajstić information content (AvgIpc) is 3.29. The number of nitrogen functional groups attached to an aromatic ring is 1. The number of rotatable bonds is 5. The minimum atomic E-state index is -1.10. The maximum Gasteiger partial charge on any atom is 0.343 e. The lowest BCUT2D eigenvalue weighted by molar-refractivity contribution is -0.148. The van der Waals surface area contributed by atoms with Gasteiger partial charge < -0.3 is 15.8 Å². The van der Waals surface area contributed by atoms with Crippen molar-refractivity contribution in [2.45, 2.75) is 36.1 Å². The van der Waals surface area contributed by atoms with E-state index in [0.29, 0.717) is 12.8 Å². The number of hydrogen-bond acceptors (Lipinski definition) is 9. The van der Waals surface area contributed by atoms with E-state index < -0.39 is 10.8 Å². The predicted octanol–water partition coefficient (Wildman–Crippen LogP) is 3.18. The first-order valence-corrected chi connectivity index (χ1v) is 10.9. The summed E-state index contributed by atoms with van der Waals surface area (Å²) in [6.07, 6.45) is 0.670. The fraction of sp³-hybridized carbons (Fsp3) is 0.227. The minimum Gasteiger partial charge on any atom is -0.455 e. The van der Waals surface area contributed by atoms with Crippen LogP contribution in [0.1, 0.15) is 24.2 Å². The van der Waals surface area contributed by atoms with E-state index in [1.807, 2.05) is 55.5 Å². The molecule has 1 aromatic heterocycles. The number of para-hydroxylation sites is 2. The predicted molar refractivity (Wildman–Crippen MR) is 120 cm³/mol. The molecule has 0 radical (unpaired) electrons. The van der Waals surface area contributed by atoms with Gasteiger partial charge in [0.15, 0.2) is 17.3 Å². The van der Waals surface area contributed by atoms with Crippen LogP contribution in [0.25, 0.3) is 0 Å². The number of aromatic nitrogens is 3. The van der Waals surface area contributed by atoms with Gasteiger partial charge in [0.25, 0.3) is 0 Å². The van der Waals surface area contributed by atoms with Crippen LogP contribution < -0.4 is 16.0 Å². The first-order valence-electron chi connectivity index (χ1n) is 10.1. The van der Waals surface area contributed by atoms with Gasteiger partial charge in [0.05, 0.1) is 5.69 Å². The summed E-state index contributed by atoms with van der Waals surface area (Å²) in [4.78, 5) is 39.6. The molecule has 0 unspecified atom stereocenters. The van der Waals surface area contributed by atoms with E-state index >= 15 is 0 Å². The number of nitrogens with zero attached hydrogens (tertiary/aromatic N) is 4. The Balaban J connectivity index is 1.34. The van der Waals surface area contributed by atoms with Crippen molar-refractivity contribution in [3.05, 3.63) is 59.9 Å². The zero-order chi connectivity index (χ0) is 22.3. The number of anilines is 4. The van der Waals surface area contributed by atoms with E-state index in [0.717, 1.165) is 21.8 Å². The van der Waals surface area contributed by atoms with Crippen molar-refractivity contribution in [1.82, 2.24) is 15.0 Å². The standard InChI is InChI=1S/C22H20N6O3S/c1-13-6-2-3-7-14(13)24-21-26-17(25-20(23)27-21)12-31-19(30)22-11-10-18(29)28(22)15-8-4-5-9-16(15)32-22/h2-9H,10-12H2,1H3,(H3,23,24,25,26,27)/t22-/m1/s1. The van der Waals surface area contributed by atoms with Crippen molar-refractivity contribution in [3.63, 3.8) is 0 Å². The first kappa shape index (κ1) is 20.3. The van der Waals surface area contributed by atoms with Gasteiger partial charge in [-0.05, 0) is 30.7 Å². The number of benzene rings is 2. The Labute approximate surface area is 188 Å². The third-order valence-corrected chi connectivity index (χ3v) is 6.87. The zero-order valence-corrected chi connectivity index (χ0v) is 18.1. The molecule has 0 spiro atoms. The van der Waals surface area contributed by atoms with Gasteiger partial charge in [-0.3, -0.25) is 9.69 Å². The lowest BCUT2D eigenvalue weighted by Gasteiger charge is -2.28. The molecule has 162 valence electrons. The summed E-state index contributed by atoms with van der Waals surface area (Å²) in [7, 11) is 0. The van der Waals surface area contributed by atoms with E-state index in [-0.39, 0.29) is 30.2 Å². The molecule has 10 heteroatoms. The molecular weight excluding hydrogens is 428 g/mol. The van der Waals surface area contributed by atoms with Crippen LogP contribution in [0.5, 0.6) is 0 Å². The molecular formula is C22H20N6O3S. The monoisotopic (exact) mass is 448 g/mol. The quantitative estimate of drug-likeness (QED) is 0.566. The van der Waals surface area contributed by atoms with E-state index in [1.165, 1.54) is 11.8 Å². The van der Waals surface area contributed by atoms with Crippen LogP contribution in [0.3, 0.4) is 0 Å². The molecule has 1 atom stereocenters. The number of thioether (sulfide) groups is 1. The number of esters is 1. The topological polar surface area (TPSA) is 123 Å². The molecule has 2 aliphatic heterocycles. The molecule has 0 bridgehead atoms. The summed E-state index contributed by atoms with van der Waals surface area (Å²) in [5.41, 5.74) is 8.43.